The number of methoxy groups -OCH3 is 2. The molecule has 0 saturated heterocycles. The molecule has 8 nitrogen and oxygen atoms in total. The van der Waals surface area contributed by atoms with Crippen LogP contribution in [0.5, 0.6) is 0 Å². The molecule has 26 heavy (non-hydrogen) atoms. The van der Waals surface area contributed by atoms with Crippen molar-refractivity contribution in [2.24, 2.45) is 0 Å². The predicted molar refractivity (Wildman–Crippen MR) is 102 cm³/mol. The molecular formula is C16H24N2O6S2. The van der Waals surface area contributed by atoms with Gasteiger partial charge in [0, 0.05) is 22.7 Å². The Labute approximate surface area is 160 Å². The largest absolute Gasteiger partial charge is 0.467 e. The van der Waals surface area contributed by atoms with Crippen LogP contribution in [0.4, 0.5) is 0 Å². The smallest absolute Gasteiger partial charge is 0.329 e. The fourth-order valence-corrected chi connectivity index (χ4v) is 3.71. The van der Waals surface area contributed by atoms with E-state index in [9.17, 15) is 19.2 Å². The normalized spacial score (nSPS) is 12.3. The second kappa shape index (κ2) is 12.4. The summed E-state index contributed by atoms with van der Waals surface area (Å²) >= 11 is 0. The van der Waals surface area contributed by atoms with Gasteiger partial charge in [-0.3, -0.25) is 9.59 Å². The third-order valence-corrected chi connectivity index (χ3v) is 5.33. The maximum atomic E-state index is 11.7. The molecule has 0 rings (SSSR count). The highest BCUT2D eigenvalue weighted by atomic mass is 33.1. The number of esters is 2. The fraction of sp³-hybridized carbons (Fsp3) is 0.500. The number of rotatable bonds is 11. The van der Waals surface area contributed by atoms with Gasteiger partial charge in [-0.05, 0) is 13.8 Å². The van der Waals surface area contributed by atoms with Crippen LogP contribution in [-0.4, -0.2) is 61.6 Å². The van der Waals surface area contributed by atoms with Gasteiger partial charge < -0.3 is 20.1 Å². The number of carbonyl (C=O) groups excluding carboxylic acids is 4. The third kappa shape index (κ3) is 8.95. The lowest BCUT2D eigenvalue weighted by Crippen LogP contribution is -2.44. The lowest BCUT2D eigenvalue weighted by atomic mass is 10.3. The van der Waals surface area contributed by atoms with Crippen molar-refractivity contribution >= 4 is 45.3 Å². The highest BCUT2D eigenvalue weighted by Gasteiger charge is 2.24. The Morgan fingerprint density at radius 1 is 0.808 bits per heavy atom. The van der Waals surface area contributed by atoms with Crippen molar-refractivity contribution in [1.82, 2.24) is 10.6 Å². The number of nitrogens with one attached hydrogen (secondary N) is 2. The number of hydrogen-bond acceptors (Lipinski definition) is 8. The maximum Gasteiger partial charge on any atom is 0.329 e. The number of hydrogen-bond donors (Lipinski definition) is 2. The number of ether oxygens (including phenoxy) is 2. The van der Waals surface area contributed by atoms with E-state index < -0.39 is 35.8 Å². The van der Waals surface area contributed by atoms with Crippen LogP contribution in [0.15, 0.2) is 24.3 Å². The van der Waals surface area contributed by atoms with Crippen molar-refractivity contribution < 1.29 is 28.7 Å². The van der Waals surface area contributed by atoms with E-state index in [0.717, 1.165) is 0 Å². The summed E-state index contributed by atoms with van der Waals surface area (Å²) in [4.78, 5) is 46.8. The maximum absolute atomic E-state index is 11.7. The van der Waals surface area contributed by atoms with Gasteiger partial charge >= 0.3 is 11.9 Å². The quantitative estimate of drug-likeness (QED) is 0.226. The van der Waals surface area contributed by atoms with Crippen LogP contribution in [0.3, 0.4) is 0 Å². The standard InChI is InChI=1S/C16H24N2O6S2/c1-9(2)13(19)17-11(15(21)23-5)7-25-26-8-12(16(22)24-6)18-14(20)10(3)4/h11-12H,1,3,7-8H2,2,4-6H3,(H,17,19)(H,18,20)/t11-,12-/m0/s1. The Hall–Kier alpha value is -1.94. The van der Waals surface area contributed by atoms with Crippen molar-refractivity contribution in [1.29, 1.82) is 0 Å². The molecule has 0 aliphatic carbocycles. The average Bonchev–Trinajstić information content (AvgIpc) is 2.60. The monoisotopic (exact) mass is 404 g/mol. The molecule has 0 aliphatic heterocycles. The summed E-state index contributed by atoms with van der Waals surface area (Å²) in [5.74, 6) is -1.67. The molecule has 0 aromatic carbocycles. The molecule has 0 bridgehead atoms. The van der Waals surface area contributed by atoms with Crippen LogP contribution < -0.4 is 10.6 Å². The molecule has 146 valence electrons. The molecule has 0 spiro atoms. The topological polar surface area (TPSA) is 111 Å². The van der Waals surface area contributed by atoms with Gasteiger partial charge in [0.25, 0.3) is 0 Å². The van der Waals surface area contributed by atoms with Crippen LogP contribution in [0.2, 0.25) is 0 Å². The Morgan fingerprint density at radius 2 is 1.12 bits per heavy atom. The molecule has 2 N–H and O–H groups in total. The summed E-state index contributed by atoms with van der Waals surface area (Å²) in [6, 6.07) is -1.72. The van der Waals surface area contributed by atoms with E-state index in [1.54, 1.807) is 0 Å². The van der Waals surface area contributed by atoms with E-state index in [2.05, 4.69) is 33.3 Å². The van der Waals surface area contributed by atoms with Gasteiger partial charge in [0.05, 0.1) is 14.2 Å². The molecule has 0 radical (unpaired) electrons. The summed E-state index contributed by atoms with van der Waals surface area (Å²) in [6.45, 7) is 10.1. The van der Waals surface area contributed by atoms with Gasteiger partial charge in [-0.2, -0.15) is 0 Å². The SMILES string of the molecule is C=C(C)C(=O)N[C@@H](CSSC[C@H](NC(=O)C(=C)C)C(=O)OC)C(=O)OC. The molecule has 0 heterocycles. The first-order valence-electron chi connectivity index (χ1n) is 7.46. The Morgan fingerprint density at radius 3 is 1.35 bits per heavy atom. The number of amides is 2. The molecule has 0 aromatic rings. The molecule has 2 amide bonds. The van der Waals surface area contributed by atoms with Gasteiger partial charge in [-0.15, -0.1) is 0 Å². The average molecular weight is 405 g/mol. The van der Waals surface area contributed by atoms with E-state index in [4.69, 9.17) is 0 Å². The van der Waals surface area contributed by atoms with Crippen LogP contribution >= 0.6 is 21.6 Å². The fourth-order valence-electron chi connectivity index (χ4n) is 1.42. The van der Waals surface area contributed by atoms with E-state index in [-0.39, 0.29) is 22.7 Å². The van der Waals surface area contributed by atoms with E-state index >= 15 is 0 Å². The Kier molecular flexibility index (Phi) is 11.5. The molecule has 10 heteroatoms. The summed E-state index contributed by atoms with van der Waals surface area (Å²) in [7, 11) is 4.93. The lowest BCUT2D eigenvalue weighted by molar-refractivity contribution is -0.144. The minimum absolute atomic E-state index is 0.207. The molecule has 0 fully saturated rings. The second-order valence-electron chi connectivity index (χ2n) is 5.23. The van der Waals surface area contributed by atoms with Gasteiger partial charge in [-0.1, -0.05) is 34.7 Å². The third-order valence-electron chi connectivity index (χ3n) is 2.91. The van der Waals surface area contributed by atoms with E-state index in [0.29, 0.717) is 0 Å². The van der Waals surface area contributed by atoms with Gasteiger partial charge in [0.1, 0.15) is 12.1 Å². The molecule has 2 atom stereocenters. The predicted octanol–water partition coefficient (Wildman–Crippen LogP) is 0.836. The first-order chi connectivity index (χ1) is 12.1. The lowest BCUT2D eigenvalue weighted by Gasteiger charge is -2.18. The minimum Gasteiger partial charge on any atom is -0.467 e. The zero-order valence-electron chi connectivity index (χ0n) is 15.2. The molecule has 0 saturated carbocycles. The highest BCUT2D eigenvalue weighted by Crippen LogP contribution is 2.23. The first kappa shape index (κ1) is 24.1. The minimum atomic E-state index is -0.858. The van der Waals surface area contributed by atoms with Crippen molar-refractivity contribution in [3.63, 3.8) is 0 Å². The summed E-state index contributed by atoms with van der Waals surface area (Å²) in [5, 5.41) is 5.03. The van der Waals surface area contributed by atoms with Crippen LogP contribution in [0.25, 0.3) is 0 Å². The summed E-state index contributed by atoms with van der Waals surface area (Å²) < 4.78 is 9.32. The van der Waals surface area contributed by atoms with Gasteiger partial charge in [-0.25, -0.2) is 9.59 Å². The van der Waals surface area contributed by atoms with Crippen molar-refractivity contribution in [2.75, 3.05) is 25.7 Å². The van der Waals surface area contributed by atoms with E-state index in [1.807, 2.05) is 0 Å². The van der Waals surface area contributed by atoms with Gasteiger partial charge in [0.15, 0.2) is 0 Å². The van der Waals surface area contributed by atoms with Gasteiger partial charge in [0.2, 0.25) is 11.8 Å². The zero-order chi connectivity index (χ0) is 20.3. The van der Waals surface area contributed by atoms with Crippen molar-refractivity contribution in [3.05, 3.63) is 24.3 Å². The molecule has 0 aliphatic rings. The Bertz CT molecular complexity index is 529. The zero-order valence-corrected chi connectivity index (χ0v) is 16.9. The summed E-state index contributed by atoms with van der Waals surface area (Å²) in [6.07, 6.45) is 0. The number of carbonyl (C=O) groups is 4. The summed E-state index contributed by atoms with van der Waals surface area (Å²) in [5.41, 5.74) is 0.537. The second-order valence-corrected chi connectivity index (χ2v) is 7.78. The van der Waals surface area contributed by atoms with Crippen LogP contribution in [-0.2, 0) is 28.7 Å². The Balaban J connectivity index is 4.65. The van der Waals surface area contributed by atoms with Crippen molar-refractivity contribution in [3.8, 4) is 0 Å². The van der Waals surface area contributed by atoms with Crippen molar-refractivity contribution in [2.45, 2.75) is 25.9 Å². The highest BCUT2D eigenvalue weighted by molar-refractivity contribution is 8.76. The van der Waals surface area contributed by atoms with Crippen LogP contribution in [0.1, 0.15) is 13.8 Å². The van der Waals surface area contributed by atoms with E-state index in [1.165, 1.54) is 49.7 Å². The molecule has 0 aromatic heterocycles. The molecule has 0 unspecified atom stereocenters. The first-order valence-corrected chi connectivity index (χ1v) is 9.95. The van der Waals surface area contributed by atoms with Crippen LogP contribution in [0, 0.1) is 0 Å². The molecular weight excluding hydrogens is 380 g/mol.